The van der Waals surface area contributed by atoms with E-state index in [-0.39, 0.29) is 10.8 Å². The van der Waals surface area contributed by atoms with Gasteiger partial charge in [-0.1, -0.05) is 155 Å². The van der Waals surface area contributed by atoms with Crippen molar-refractivity contribution in [3.63, 3.8) is 0 Å². The maximum absolute atomic E-state index is 4.99. The summed E-state index contributed by atoms with van der Waals surface area (Å²) in [6.45, 7) is 9.63. The molecule has 0 atom stereocenters. The van der Waals surface area contributed by atoms with Crippen LogP contribution in [0.5, 0.6) is 0 Å². The lowest BCUT2D eigenvalue weighted by Crippen LogP contribution is -2.43. The van der Waals surface area contributed by atoms with Crippen LogP contribution < -0.4 is 0 Å². The molecule has 0 radical (unpaired) electrons. The summed E-state index contributed by atoms with van der Waals surface area (Å²) in [4.78, 5) is 14.9. The molecule has 7 aromatic carbocycles. The Balaban J connectivity index is 1.17. The summed E-state index contributed by atoms with van der Waals surface area (Å²) in [7, 11) is 0. The summed E-state index contributed by atoms with van der Waals surface area (Å²) >= 11 is 0. The number of nitrogens with zero attached hydrogens (tertiary/aromatic N) is 3. The van der Waals surface area contributed by atoms with E-state index in [0.29, 0.717) is 17.5 Å². The van der Waals surface area contributed by atoms with Crippen molar-refractivity contribution < 1.29 is 0 Å². The fraction of sp³-hybridized carbons (Fsp3) is 0.128. The molecule has 8 aromatic rings. The van der Waals surface area contributed by atoms with E-state index in [1.807, 2.05) is 60.7 Å². The van der Waals surface area contributed by atoms with E-state index in [0.717, 1.165) is 22.3 Å². The van der Waals surface area contributed by atoms with Crippen molar-refractivity contribution in [2.45, 2.75) is 38.5 Å². The second-order valence-corrected chi connectivity index (χ2v) is 14.5. The van der Waals surface area contributed by atoms with Crippen LogP contribution in [-0.4, -0.2) is 15.0 Å². The highest BCUT2D eigenvalue weighted by atomic mass is 15.0. The highest BCUT2D eigenvalue weighted by Crippen LogP contribution is 2.55. The molecule has 3 nitrogen and oxygen atoms in total. The Bertz CT molecular complexity index is 2530. The number of hydrogen-bond donors (Lipinski definition) is 0. The number of hydrogen-bond acceptors (Lipinski definition) is 3. The summed E-state index contributed by atoms with van der Waals surface area (Å²) in [6.07, 6.45) is 0. The molecule has 0 aliphatic heterocycles. The maximum Gasteiger partial charge on any atom is 0.164 e. The molecule has 50 heavy (non-hydrogen) atoms. The maximum atomic E-state index is 4.99. The van der Waals surface area contributed by atoms with Gasteiger partial charge in [0.25, 0.3) is 0 Å². The molecule has 1 aromatic heterocycles. The summed E-state index contributed by atoms with van der Waals surface area (Å²) in [5.74, 6) is 1.99. The van der Waals surface area contributed by atoms with Gasteiger partial charge in [0.1, 0.15) is 0 Å². The molecule has 0 fully saturated rings. The van der Waals surface area contributed by atoms with Gasteiger partial charge in [0.05, 0.1) is 0 Å². The molecule has 0 spiro atoms. The Morgan fingerprint density at radius 3 is 1.54 bits per heavy atom. The molecule has 1 heterocycles. The van der Waals surface area contributed by atoms with Crippen LogP contribution in [0.1, 0.15) is 38.8 Å². The lowest BCUT2D eigenvalue weighted by Gasteiger charge is -2.48. The molecule has 1 aliphatic carbocycles. The van der Waals surface area contributed by atoms with Gasteiger partial charge >= 0.3 is 0 Å². The first kappa shape index (κ1) is 30.2. The predicted octanol–water partition coefficient (Wildman–Crippen LogP) is 12.1. The van der Waals surface area contributed by atoms with Crippen molar-refractivity contribution in [1.29, 1.82) is 0 Å². The quantitative estimate of drug-likeness (QED) is 0.179. The molecule has 0 N–H and O–H groups in total. The number of benzene rings is 7. The first-order chi connectivity index (χ1) is 24.3. The lowest BCUT2D eigenvalue weighted by atomic mass is 9.55. The normalized spacial score (nSPS) is 14.3. The zero-order chi connectivity index (χ0) is 34.0. The molecule has 0 amide bonds. The average Bonchev–Trinajstić information content (AvgIpc) is 3.17. The molecule has 0 saturated carbocycles. The van der Waals surface area contributed by atoms with Crippen LogP contribution in [0.4, 0.5) is 0 Å². The van der Waals surface area contributed by atoms with Gasteiger partial charge in [0.2, 0.25) is 0 Å². The van der Waals surface area contributed by atoms with Crippen LogP contribution in [0.15, 0.2) is 152 Å². The predicted molar refractivity (Wildman–Crippen MR) is 208 cm³/mol. The summed E-state index contributed by atoms with van der Waals surface area (Å²) in [5, 5.41) is 5.20. The third-order valence-corrected chi connectivity index (χ3v) is 11.3. The van der Waals surface area contributed by atoms with E-state index in [2.05, 4.69) is 119 Å². The van der Waals surface area contributed by atoms with Crippen LogP contribution in [0.2, 0.25) is 0 Å². The zero-order valence-electron chi connectivity index (χ0n) is 28.8. The largest absolute Gasteiger partial charge is 0.208 e. The van der Waals surface area contributed by atoms with Crippen LogP contribution in [-0.2, 0) is 10.8 Å². The Labute approximate surface area is 293 Å². The topological polar surface area (TPSA) is 38.7 Å². The number of fused-ring (bicyclic) bond motifs is 6. The van der Waals surface area contributed by atoms with Gasteiger partial charge in [-0.15, -0.1) is 0 Å². The van der Waals surface area contributed by atoms with Gasteiger partial charge in [-0.3, -0.25) is 0 Å². The molecular weight excluding hydrogens is 607 g/mol. The SMILES string of the molecule is CC1(C)c2cc(-c3cccc(-c4nc(-c5ccccc5)nc(-c5ccccc5)n4)c3)ccc2-c2cc3ccc4ccccc4c3cc2C1(C)C. The highest BCUT2D eigenvalue weighted by molar-refractivity contribution is 6.09. The van der Waals surface area contributed by atoms with Crippen molar-refractivity contribution in [2.24, 2.45) is 0 Å². The van der Waals surface area contributed by atoms with E-state index >= 15 is 0 Å². The molecule has 1 aliphatic rings. The Morgan fingerprint density at radius 2 is 0.860 bits per heavy atom. The van der Waals surface area contributed by atoms with Crippen LogP contribution >= 0.6 is 0 Å². The number of rotatable bonds is 4. The lowest BCUT2D eigenvalue weighted by molar-refractivity contribution is 0.299. The molecule has 0 saturated heterocycles. The molecule has 240 valence electrons. The monoisotopic (exact) mass is 643 g/mol. The smallest absolute Gasteiger partial charge is 0.164 e. The number of aromatic nitrogens is 3. The van der Waals surface area contributed by atoms with Gasteiger partial charge in [-0.25, -0.2) is 15.0 Å². The molecule has 0 bridgehead atoms. The Hall–Kier alpha value is -5.93. The first-order valence-electron chi connectivity index (χ1n) is 17.4. The van der Waals surface area contributed by atoms with Crippen molar-refractivity contribution in [1.82, 2.24) is 15.0 Å². The third-order valence-electron chi connectivity index (χ3n) is 11.3. The Morgan fingerprint density at radius 1 is 0.340 bits per heavy atom. The standard InChI is InChI=1S/C47H37N3/c1-46(2)41-28-34(24-25-38(41)40-27-35-23-22-30-14-11-12-21-37(30)39(35)29-42(40)47(46,3)4)33-19-13-20-36(26-33)45-49-43(31-15-7-5-8-16-31)48-44(50-45)32-17-9-6-10-18-32/h5-29H,1-4H3. The fourth-order valence-corrected chi connectivity index (χ4v) is 7.72. The summed E-state index contributed by atoms with van der Waals surface area (Å²) in [5.41, 5.74) is 10.4. The van der Waals surface area contributed by atoms with Gasteiger partial charge in [0.15, 0.2) is 17.5 Å². The second-order valence-electron chi connectivity index (χ2n) is 14.5. The van der Waals surface area contributed by atoms with E-state index in [9.17, 15) is 0 Å². The van der Waals surface area contributed by atoms with E-state index in [4.69, 9.17) is 15.0 Å². The minimum absolute atomic E-state index is 0.104. The summed E-state index contributed by atoms with van der Waals surface area (Å²) < 4.78 is 0. The Kier molecular flexibility index (Phi) is 6.82. The van der Waals surface area contributed by atoms with Gasteiger partial charge < -0.3 is 0 Å². The molecule has 9 rings (SSSR count). The van der Waals surface area contributed by atoms with Crippen molar-refractivity contribution >= 4 is 21.5 Å². The zero-order valence-corrected chi connectivity index (χ0v) is 28.8. The third kappa shape index (κ3) is 4.76. The fourth-order valence-electron chi connectivity index (χ4n) is 7.72. The van der Waals surface area contributed by atoms with Crippen molar-refractivity contribution in [2.75, 3.05) is 0 Å². The molecule has 0 unspecified atom stereocenters. The average molecular weight is 644 g/mol. The van der Waals surface area contributed by atoms with E-state index < -0.39 is 0 Å². The molecule has 3 heteroatoms. The highest BCUT2D eigenvalue weighted by Gasteiger charge is 2.46. The van der Waals surface area contributed by atoms with Crippen LogP contribution in [0.25, 0.3) is 78.0 Å². The van der Waals surface area contributed by atoms with Crippen LogP contribution in [0.3, 0.4) is 0 Å². The van der Waals surface area contributed by atoms with Crippen molar-refractivity contribution in [3.05, 3.63) is 163 Å². The first-order valence-corrected chi connectivity index (χ1v) is 17.4. The van der Waals surface area contributed by atoms with Gasteiger partial charge in [-0.05, 0) is 90.0 Å². The van der Waals surface area contributed by atoms with Crippen LogP contribution in [0, 0.1) is 0 Å². The summed E-state index contributed by atoms with van der Waals surface area (Å²) in [6, 6.07) is 54.1. The van der Waals surface area contributed by atoms with Crippen molar-refractivity contribution in [3.8, 4) is 56.4 Å². The van der Waals surface area contributed by atoms with E-state index in [1.54, 1.807) is 0 Å². The molecular formula is C47H37N3. The minimum Gasteiger partial charge on any atom is -0.208 e. The minimum atomic E-state index is -0.120. The second kappa shape index (κ2) is 11.3. The van der Waals surface area contributed by atoms with Gasteiger partial charge in [0, 0.05) is 16.7 Å². The van der Waals surface area contributed by atoms with E-state index in [1.165, 1.54) is 49.4 Å². The van der Waals surface area contributed by atoms with Gasteiger partial charge in [-0.2, -0.15) is 0 Å².